The number of nitrogens with zero attached hydrogens (tertiary/aromatic N) is 4. The highest BCUT2D eigenvalue weighted by Gasteiger charge is 2.31. The van der Waals surface area contributed by atoms with Gasteiger partial charge in [-0.3, -0.25) is 4.79 Å². The summed E-state index contributed by atoms with van der Waals surface area (Å²) in [5, 5.41) is 5.67. The molecule has 0 saturated carbocycles. The van der Waals surface area contributed by atoms with Crippen molar-refractivity contribution >= 4 is 40.7 Å². The highest BCUT2D eigenvalue weighted by molar-refractivity contribution is 8.18. The Balaban J connectivity index is 1.46. The molecule has 0 spiro atoms. The number of amidine groups is 1. The SMILES string of the molecule is CCCSc1ccc(-c2nn(-c3ccccc3)cc2/C=C2\SC(N3C[C@@H](C)O[C@@H](C)C3)=NC2=O)cc1. The van der Waals surface area contributed by atoms with E-state index in [2.05, 4.69) is 54.9 Å². The minimum absolute atomic E-state index is 0.106. The fourth-order valence-corrected chi connectivity index (χ4v) is 6.06. The Morgan fingerprint density at radius 2 is 1.81 bits per heavy atom. The predicted octanol–water partition coefficient (Wildman–Crippen LogP) is 6.12. The van der Waals surface area contributed by atoms with Gasteiger partial charge in [0.25, 0.3) is 5.91 Å². The van der Waals surface area contributed by atoms with Crippen LogP contribution in [0.3, 0.4) is 0 Å². The maximum atomic E-state index is 12.9. The van der Waals surface area contributed by atoms with Gasteiger partial charge in [-0.2, -0.15) is 10.1 Å². The van der Waals surface area contributed by atoms with E-state index in [9.17, 15) is 4.79 Å². The lowest BCUT2D eigenvalue weighted by molar-refractivity contribution is -0.113. The molecule has 0 unspecified atom stereocenters. The van der Waals surface area contributed by atoms with Crippen molar-refractivity contribution in [3.8, 4) is 16.9 Å². The van der Waals surface area contributed by atoms with Gasteiger partial charge < -0.3 is 9.64 Å². The number of para-hydroxylation sites is 1. The van der Waals surface area contributed by atoms with Gasteiger partial charge in [-0.1, -0.05) is 37.3 Å². The molecule has 2 atom stereocenters. The highest BCUT2D eigenvalue weighted by Crippen LogP contribution is 2.34. The van der Waals surface area contributed by atoms with Crippen LogP contribution in [0.15, 0.2) is 75.6 Å². The van der Waals surface area contributed by atoms with E-state index in [4.69, 9.17) is 9.84 Å². The summed E-state index contributed by atoms with van der Waals surface area (Å²) in [6.07, 6.45) is 5.27. The molecule has 0 N–H and O–H groups in total. The molecular formula is C28H30N4O2S2. The van der Waals surface area contributed by atoms with Crippen LogP contribution in [0.4, 0.5) is 0 Å². The molecule has 1 saturated heterocycles. The van der Waals surface area contributed by atoms with E-state index in [0.29, 0.717) is 4.91 Å². The first-order valence-corrected chi connectivity index (χ1v) is 14.1. The average molecular weight is 519 g/mol. The highest BCUT2D eigenvalue weighted by atomic mass is 32.2. The second-order valence-corrected chi connectivity index (χ2v) is 11.2. The molecule has 8 heteroatoms. The summed E-state index contributed by atoms with van der Waals surface area (Å²) in [4.78, 5) is 21.3. The molecule has 0 aliphatic carbocycles. The summed E-state index contributed by atoms with van der Waals surface area (Å²) in [6, 6.07) is 18.5. The Kier molecular flexibility index (Phi) is 7.65. The number of aliphatic imine (C=N–C) groups is 1. The summed E-state index contributed by atoms with van der Waals surface area (Å²) >= 11 is 3.29. The van der Waals surface area contributed by atoms with Gasteiger partial charge in [0.05, 0.1) is 28.5 Å². The standard InChI is InChI=1S/C28H30N4O2S2/c1-4-14-35-24-12-10-21(11-13-24)26-22(18-32(30-26)23-8-6-5-7-9-23)15-25-27(33)29-28(36-25)31-16-19(2)34-20(3)17-31/h5-13,15,18-20H,4,14,16-17H2,1-3H3/b25-15-/t19-,20+. The summed E-state index contributed by atoms with van der Waals surface area (Å²) in [5.74, 6) is 0.897. The maximum Gasteiger partial charge on any atom is 0.286 e. The molecule has 2 aliphatic heterocycles. The minimum Gasteiger partial charge on any atom is -0.372 e. The molecule has 3 aromatic rings. The zero-order chi connectivity index (χ0) is 25.1. The fraction of sp³-hybridized carbons (Fsp3) is 0.321. The van der Waals surface area contributed by atoms with E-state index >= 15 is 0 Å². The number of morpholine rings is 1. The van der Waals surface area contributed by atoms with Gasteiger partial charge in [0.2, 0.25) is 0 Å². The van der Waals surface area contributed by atoms with E-state index in [1.54, 1.807) is 0 Å². The molecule has 36 heavy (non-hydrogen) atoms. The molecular weight excluding hydrogens is 488 g/mol. The largest absolute Gasteiger partial charge is 0.372 e. The molecule has 186 valence electrons. The second kappa shape index (κ2) is 11.1. The molecule has 1 amide bonds. The zero-order valence-electron chi connectivity index (χ0n) is 20.8. The van der Waals surface area contributed by atoms with E-state index in [-0.39, 0.29) is 18.1 Å². The lowest BCUT2D eigenvalue weighted by Gasteiger charge is -2.35. The molecule has 3 heterocycles. The molecule has 5 rings (SSSR count). The third kappa shape index (κ3) is 5.61. The van der Waals surface area contributed by atoms with Crippen molar-refractivity contribution in [2.75, 3.05) is 18.8 Å². The summed E-state index contributed by atoms with van der Waals surface area (Å²) in [6.45, 7) is 7.76. The number of amides is 1. The minimum atomic E-state index is -0.202. The van der Waals surface area contributed by atoms with Gasteiger partial charge >= 0.3 is 0 Å². The maximum absolute atomic E-state index is 12.9. The first-order valence-electron chi connectivity index (χ1n) is 12.3. The second-order valence-electron chi connectivity index (χ2n) is 9.06. The summed E-state index contributed by atoms with van der Waals surface area (Å²) in [7, 11) is 0. The third-order valence-corrected chi connectivity index (χ3v) is 8.21. The number of carbonyl (C=O) groups is 1. The lowest BCUT2D eigenvalue weighted by atomic mass is 10.1. The van der Waals surface area contributed by atoms with E-state index in [0.717, 1.165) is 52.9 Å². The van der Waals surface area contributed by atoms with Crippen molar-refractivity contribution in [3.05, 3.63) is 71.3 Å². The Hall–Kier alpha value is -2.81. The number of thioether (sulfide) groups is 2. The van der Waals surface area contributed by atoms with Crippen LogP contribution in [0.5, 0.6) is 0 Å². The molecule has 0 bridgehead atoms. The smallest absolute Gasteiger partial charge is 0.286 e. The van der Waals surface area contributed by atoms with Crippen molar-refractivity contribution in [1.82, 2.24) is 14.7 Å². The number of ether oxygens (including phenoxy) is 1. The van der Waals surface area contributed by atoms with Crippen LogP contribution in [0.25, 0.3) is 23.0 Å². The van der Waals surface area contributed by atoms with Gasteiger partial charge in [-0.05, 0) is 68.1 Å². The number of aromatic nitrogens is 2. The Morgan fingerprint density at radius 1 is 1.08 bits per heavy atom. The quantitative estimate of drug-likeness (QED) is 0.289. The number of hydrogen-bond acceptors (Lipinski definition) is 6. The van der Waals surface area contributed by atoms with E-state index in [1.807, 2.05) is 59.0 Å². The molecule has 1 fully saturated rings. The van der Waals surface area contributed by atoms with Crippen molar-refractivity contribution in [2.45, 2.75) is 44.3 Å². The van der Waals surface area contributed by atoms with Crippen molar-refractivity contribution < 1.29 is 9.53 Å². The van der Waals surface area contributed by atoms with Gasteiger partial charge in [0.1, 0.15) is 0 Å². The molecule has 2 aromatic carbocycles. The van der Waals surface area contributed by atoms with Gasteiger partial charge in [-0.25, -0.2) is 4.68 Å². The lowest BCUT2D eigenvalue weighted by Crippen LogP contribution is -2.47. The van der Waals surface area contributed by atoms with Gasteiger partial charge in [0.15, 0.2) is 5.17 Å². The van der Waals surface area contributed by atoms with Crippen LogP contribution in [-0.2, 0) is 9.53 Å². The summed E-state index contributed by atoms with van der Waals surface area (Å²) < 4.78 is 7.72. The third-order valence-electron chi connectivity index (χ3n) is 5.95. The Morgan fingerprint density at radius 3 is 2.50 bits per heavy atom. The molecule has 2 aliphatic rings. The van der Waals surface area contributed by atoms with Gasteiger partial charge in [-0.15, -0.1) is 11.8 Å². The first kappa shape index (κ1) is 24.9. The molecule has 6 nitrogen and oxygen atoms in total. The Bertz CT molecular complexity index is 1270. The van der Waals surface area contributed by atoms with Gasteiger partial charge in [0, 0.05) is 35.3 Å². The predicted molar refractivity (Wildman–Crippen MR) is 150 cm³/mol. The van der Waals surface area contributed by atoms with Crippen LogP contribution in [0.2, 0.25) is 0 Å². The fourth-order valence-electron chi connectivity index (χ4n) is 4.37. The van der Waals surface area contributed by atoms with Crippen LogP contribution in [0.1, 0.15) is 32.8 Å². The van der Waals surface area contributed by atoms with E-state index in [1.165, 1.54) is 16.7 Å². The monoisotopic (exact) mass is 518 g/mol. The van der Waals surface area contributed by atoms with Crippen molar-refractivity contribution in [2.24, 2.45) is 4.99 Å². The Labute approximate surface area is 220 Å². The van der Waals surface area contributed by atoms with Crippen LogP contribution in [-0.4, -0.2) is 56.8 Å². The number of benzene rings is 2. The normalized spacial score (nSPS) is 21.3. The van der Waals surface area contributed by atoms with Crippen LogP contribution < -0.4 is 0 Å². The van der Waals surface area contributed by atoms with Crippen molar-refractivity contribution in [3.63, 3.8) is 0 Å². The molecule has 1 aromatic heterocycles. The van der Waals surface area contributed by atoms with Crippen LogP contribution >= 0.6 is 23.5 Å². The summed E-state index contributed by atoms with van der Waals surface area (Å²) in [5.41, 5.74) is 3.72. The topological polar surface area (TPSA) is 59.7 Å². The van der Waals surface area contributed by atoms with Crippen molar-refractivity contribution in [1.29, 1.82) is 0 Å². The zero-order valence-corrected chi connectivity index (χ0v) is 22.4. The molecule has 0 radical (unpaired) electrons. The first-order chi connectivity index (χ1) is 17.5. The van der Waals surface area contributed by atoms with Crippen LogP contribution in [0, 0.1) is 0 Å². The number of carbonyl (C=O) groups excluding carboxylic acids is 1. The number of hydrogen-bond donors (Lipinski definition) is 0. The van der Waals surface area contributed by atoms with E-state index < -0.39 is 0 Å². The average Bonchev–Trinajstić information content (AvgIpc) is 3.47. The number of rotatable bonds is 6.